The molecular weight excluding hydrogens is 228 g/mol. The number of ketones is 1. The molecule has 0 saturated heterocycles. The van der Waals surface area contributed by atoms with E-state index < -0.39 is 0 Å². The van der Waals surface area contributed by atoms with E-state index >= 15 is 0 Å². The Morgan fingerprint density at radius 3 is 2.83 bits per heavy atom. The quantitative estimate of drug-likeness (QED) is 0.483. The molecule has 3 nitrogen and oxygen atoms in total. The van der Waals surface area contributed by atoms with Gasteiger partial charge in [-0.15, -0.1) is 0 Å². The molecule has 0 bridgehead atoms. The van der Waals surface area contributed by atoms with Gasteiger partial charge in [0, 0.05) is 23.5 Å². The van der Waals surface area contributed by atoms with Gasteiger partial charge in [-0.1, -0.05) is 19.1 Å². The number of Topliss-reactive ketones (excluding diaryl/α,β-unsaturated/α-hetero) is 1. The van der Waals surface area contributed by atoms with Gasteiger partial charge < -0.3 is 4.74 Å². The van der Waals surface area contributed by atoms with Crippen molar-refractivity contribution in [1.29, 1.82) is 0 Å². The molecule has 4 rings (SSSR count). The highest BCUT2D eigenvalue weighted by Crippen LogP contribution is 2.71. The Morgan fingerprint density at radius 2 is 2.11 bits per heavy atom. The number of hydrogen-bond acceptors (Lipinski definition) is 3. The maximum atomic E-state index is 12.3. The summed E-state index contributed by atoms with van der Waals surface area (Å²) >= 11 is 0. The minimum Gasteiger partial charge on any atom is -0.453 e. The molecule has 0 aromatic carbocycles. The van der Waals surface area contributed by atoms with Crippen LogP contribution in [0.2, 0.25) is 0 Å². The molecule has 0 spiro atoms. The van der Waals surface area contributed by atoms with Crippen LogP contribution in [0.15, 0.2) is 23.3 Å². The van der Waals surface area contributed by atoms with Crippen LogP contribution in [-0.4, -0.2) is 17.9 Å². The first-order chi connectivity index (χ1) is 8.45. The van der Waals surface area contributed by atoms with Crippen LogP contribution in [-0.2, 0) is 14.3 Å². The van der Waals surface area contributed by atoms with Crippen molar-refractivity contribution in [1.82, 2.24) is 0 Å². The van der Waals surface area contributed by atoms with Crippen LogP contribution in [0, 0.1) is 23.2 Å². The summed E-state index contributed by atoms with van der Waals surface area (Å²) in [6.07, 6.45) is 1.37. The maximum Gasteiger partial charge on any atom is 0.334 e. The van der Waals surface area contributed by atoms with Crippen LogP contribution in [0.4, 0.5) is 0 Å². The summed E-state index contributed by atoms with van der Waals surface area (Å²) in [6, 6.07) is 0. The number of carbonyl (C=O) groups is 2. The highest BCUT2D eigenvalue weighted by atomic mass is 16.5. The zero-order valence-electron chi connectivity index (χ0n) is 10.7. The van der Waals surface area contributed by atoms with Gasteiger partial charge in [-0.05, 0) is 30.6 Å². The molecule has 4 aliphatic rings. The molecule has 3 heteroatoms. The maximum absolute atomic E-state index is 12.3. The predicted molar refractivity (Wildman–Crippen MR) is 64.5 cm³/mol. The van der Waals surface area contributed by atoms with Gasteiger partial charge in [0.15, 0.2) is 5.78 Å². The molecule has 5 atom stereocenters. The molecule has 0 radical (unpaired) electrons. The summed E-state index contributed by atoms with van der Waals surface area (Å²) in [7, 11) is 0. The summed E-state index contributed by atoms with van der Waals surface area (Å²) in [5.74, 6) is 1.10. The largest absolute Gasteiger partial charge is 0.453 e. The Kier molecular flexibility index (Phi) is 1.63. The molecule has 0 amide bonds. The highest BCUT2D eigenvalue weighted by molar-refractivity contribution is 6.08. The highest BCUT2D eigenvalue weighted by Gasteiger charge is 2.68. The van der Waals surface area contributed by atoms with E-state index in [4.69, 9.17) is 4.74 Å². The molecule has 0 unspecified atom stereocenters. The number of carbonyl (C=O) groups excluding carboxylic acids is 2. The van der Waals surface area contributed by atoms with Gasteiger partial charge >= 0.3 is 5.97 Å². The van der Waals surface area contributed by atoms with Gasteiger partial charge in [0.25, 0.3) is 0 Å². The fourth-order valence-electron chi connectivity index (χ4n) is 4.63. The first-order valence-electron chi connectivity index (χ1n) is 6.59. The normalized spacial score (nSPS) is 48.9. The van der Waals surface area contributed by atoms with Gasteiger partial charge in [-0.3, -0.25) is 4.79 Å². The first kappa shape index (κ1) is 10.5. The molecule has 1 heterocycles. The molecule has 0 aromatic rings. The third-order valence-electron chi connectivity index (χ3n) is 5.60. The minimum atomic E-state index is -0.343. The van der Waals surface area contributed by atoms with E-state index in [1.807, 2.05) is 0 Å². The summed E-state index contributed by atoms with van der Waals surface area (Å²) in [4.78, 5) is 24.0. The van der Waals surface area contributed by atoms with Crippen molar-refractivity contribution in [2.75, 3.05) is 0 Å². The van der Waals surface area contributed by atoms with E-state index in [0.29, 0.717) is 29.4 Å². The van der Waals surface area contributed by atoms with E-state index in [1.165, 1.54) is 5.57 Å². The first-order valence-corrected chi connectivity index (χ1v) is 6.59. The van der Waals surface area contributed by atoms with Crippen LogP contribution in [0.25, 0.3) is 0 Å². The van der Waals surface area contributed by atoms with Crippen molar-refractivity contribution in [3.8, 4) is 0 Å². The van der Waals surface area contributed by atoms with E-state index in [0.717, 1.165) is 6.42 Å². The van der Waals surface area contributed by atoms with Crippen LogP contribution >= 0.6 is 0 Å². The Labute approximate surface area is 106 Å². The zero-order chi connectivity index (χ0) is 12.8. The molecule has 94 valence electrons. The lowest BCUT2D eigenvalue weighted by molar-refractivity contribution is -0.144. The van der Waals surface area contributed by atoms with Crippen LogP contribution in [0.3, 0.4) is 0 Å². The third-order valence-corrected chi connectivity index (χ3v) is 5.60. The van der Waals surface area contributed by atoms with E-state index in [1.54, 1.807) is 6.92 Å². The van der Waals surface area contributed by atoms with Crippen molar-refractivity contribution >= 4 is 11.8 Å². The van der Waals surface area contributed by atoms with E-state index in [-0.39, 0.29) is 29.2 Å². The summed E-state index contributed by atoms with van der Waals surface area (Å²) < 4.78 is 5.47. The smallest absolute Gasteiger partial charge is 0.334 e. The molecular formula is C15H16O3. The summed E-state index contributed by atoms with van der Waals surface area (Å²) in [5, 5.41) is 0. The van der Waals surface area contributed by atoms with Crippen LogP contribution < -0.4 is 0 Å². The lowest BCUT2D eigenvalue weighted by Gasteiger charge is -2.42. The molecule has 18 heavy (non-hydrogen) atoms. The van der Waals surface area contributed by atoms with Crippen LogP contribution in [0.5, 0.6) is 0 Å². The Bertz CT molecular complexity index is 556. The van der Waals surface area contributed by atoms with Crippen molar-refractivity contribution in [3.63, 3.8) is 0 Å². The lowest BCUT2D eigenvalue weighted by Crippen LogP contribution is -2.44. The van der Waals surface area contributed by atoms with Gasteiger partial charge in [0.1, 0.15) is 6.10 Å². The topological polar surface area (TPSA) is 43.4 Å². The zero-order valence-corrected chi connectivity index (χ0v) is 10.7. The molecule has 1 aliphatic heterocycles. The van der Waals surface area contributed by atoms with Crippen molar-refractivity contribution in [2.45, 2.75) is 32.8 Å². The fraction of sp³-hybridized carbons (Fsp3) is 0.600. The van der Waals surface area contributed by atoms with Gasteiger partial charge in [-0.2, -0.15) is 0 Å². The molecule has 3 aliphatic carbocycles. The molecule has 0 N–H and O–H groups in total. The number of ether oxygens (including phenoxy) is 1. The number of fused-ring (bicyclic) bond motifs is 5. The van der Waals surface area contributed by atoms with Crippen molar-refractivity contribution in [3.05, 3.63) is 23.3 Å². The monoisotopic (exact) mass is 244 g/mol. The van der Waals surface area contributed by atoms with Gasteiger partial charge in [0.05, 0.1) is 0 Å². The van der Waals surface area contributed by atoms with Crippen molar-refractivity contribution < 1.29 is 14.3 Å². The fourth-order valence-corrected chi connectivity index (χ4v) is 4.63. The lowest BCUT2D eigenvalue weighted by atomic mass is 9.62. The SMILES string of the molecule is C=C1[C@H]2C[C@H]2[C@@]2(C)CC(=O)C3=C(C)C(=O)O[C@@H]3[C@H]12. The van der Waals surface area contributed by atoms with Crippen molar-refractivity contribution in [2.24, 2.45) is 23.2 Å². The summed E-state index contributed by atoms with van der Waals surface area (Å²) in [5.41, 5.74) is 2.32. The number of hydrogen-bond donors (Lipinski definition) is 0. The Morgan fingerprint density at radius 1 is 1.39 bits per heavy atom. The molecule has 3 saturated carbocycles. The standard InChI is InChI=1S/C15H16O3/c1-6-8-4-9(8)15(3)5-10(16)11-7(2)14(17)18-13(11)12(6)15/h8-9,12-13H,1,4-5H2,2-3H3/t8-,9-,12+,13+,15-/m1/s1. The number of rotatable bonds is 0. The Balaban J connectivity index is 1.87. The Hall–Kier alpha value is -1.38. The second kappa shape index (κ2) is 2.79. The number of esters is 1. The van der Waals surface area contributed by atoms with E-state index in [9.17, 15) is 9.59 Å². The summed E-state index contributed by atoms with van der Waals surface area (Å²) in [6.45, 7) is 8.10. The van der Waals surface area contributed by atoms with E-state index in [2.05, 4.69) is 13.5 Å². The molecule has 0 aromatic heterocycles. The average molecular weight is 244 g/mol. The molecule has 3 fully saturated rings. The average Bonchev–Trinajstić information content (AvgIpc) is 2.98. The third kappa shape index (κ3) is 0.943. The van der Waals surface area contributed by atoms with Gasteiger partial charge in [-0.25, -0.2) is 4.79 Å². The van der Waals surface area contributed by atoms with Crippen LogP contribution in [0.1, 0.15) is 26.7 Å². The second-order valence-electron chi connectivity index (χ2n) is 6.47. The van der Waals surface area contributed by atoms with Gasteiger partial charge in [0.2, 0.25) is 0 Å². The minimum absolute atomic E-state index is 0.0299. The second-order valence-corrected chi connectivity index (χ2v) is 6.47. The predicted octanol–water partition coefficient (Wildman–Crippen LogP) is 2.03.